The maximum absolute atomic E-state index is 11.8. The van der Waals surface area contributed by atoms with Crippen LogP contribution in [0.3, 0.4) is 0 Å². The first kappa shape index (κ1) is 22.6. The number of aliphatic hydroxyl groups is 1. The van der Waals surface area contributed by atoms with Crippen molar-refractivity contribution in [2.75, 3.05) is 55.9 Å². The number of ether oxygens (including phenoxy) is 2. The molecule has 172 valence electrons. The van der Waals surface area contributed by atoms with E-state index >= 15 is 0 Å². The summed E-state index contributed by atoms with van der Waals surface area (Å²) in [7, 11) is -2.11. The van der Waals surface area contributed by atoms with Crippen molar-refractivity contribution in [3.05, 3.63) is 22.7 Å². The number of anilines is 2. The number of thiophene rings is 1. The number of fused-ring (bicyclic) bond motifs is 1. The van der Waals surface area contributed by atoms with Gasteiger partial charge in [-0.1, -0.05) is 0 Å². The number of hydrogen-bond acceptors (Lipinski definition) is 10. The minimum atomic E-state index is -3.54. The fourth-order valence-corrected chi connectivity index (χ4v) is 5.34. The van der Waals surface area contributed by atoms with Gasteiger partial charge in [0.2, 0.25) is 21.9 Å². The van der Waals surface area contributed by atoms with Crippen molar-refractivity contribution in [2.45, 2.75) is 13.3 Å². The zero-order valence-electron chi connectivity index (χ0n) is 18.1. The normalized spacial score (nSPS) is 14.7. The molecule has 3 aromatic rings. The third-order valence-electron chi connectivity index (χ3n) is 5.09. The fourth-order valence-electron chi connectivity index (χ4n) is 3.65. The molecule has 10 nitrogen and oxygen atoms in total. The van der Waals surface area contributed by atoms with Crippen LogP contribution in [-0.2, 0) is 21.2 Å². The fraction of sp³-hybridized carbons (Fsp3) is 0.450. The highest BCUT2D eigenvalue weighted by Gasteiger charge is 2.22. The largest absolute Gasteiger partial charge is 0.480 e. The number of nitrogens with zero attached hydrogens (tertiary/aromatic N) is 4. The number of aliphatic hydroxyl groups excluding tert-OH is 1. The molecule has 2 N–H and O–H groups in total. The van der Waals surface area contributed by atoms with Gasteiger partial charge in [0.1, 0.15) is 5.69 Å². The van der Waals surface area contributed by atoms with E-state index in [9.17, 15) is 13.5 Å². The second-order valence-electron chi connectivity index (χ2n) is 7.41. The third-order valence-corrected chi connectivity index (χ3v) is 6.82. The topological polar surface area (TPSA) is 127 Å². The Bertz CT molecular complexity index is 1240. The van der Waals surface area contributed by atoms with E-state index in [1.165, 1.54) is 7.11 Å². The lowest BCUT2D eigenvalue weighted by Crippen LogP contribution is -2.37. The van der Waals surface area contributed by atoms with Crippen LogP contribution in [0.15, 0.2) is 12.3 Å². The Labute approximate surface area is 190 Å². The molecule has 0 saturated carbocycles. The Morgan fingerprint density at radius 2 is 2.06 bits per heavy atom. The Morgan fingerprint density at radius 1 is 1.31 bits per heavy atom. The molecule has 4 rings (SSSR count). The summed E-state index contributed by atoms with van der Waals surface area (Å²) in [6.07, 6.45) is 3.17. The van der Waals surface area contributed by atoms with Gasteiger partial charge in [0.25, 0.3) is 0 Å². The summed E-state index contributed by atoms with van der Waals surface area (Å²) in [6.45, 7) is 4.55. The van der Waals surface area contributed by atoms with Gasteiger partial charge in [0.05, 0.1) is 42.5 Å². The number of nitrogens with one attached hydrogen (secondary N) is 1. The summed E-state index contributed by atoms with van der Waals surface area (Å²) in [5.41, 5.74) is 3.30. The summed E-state index contributed by atoms with van der Waals surface area (Å²) in [5, 5.41) is 9.57. The molecule has 0 aliphatic carbocycles. The highest BCUT2D eigenvalue weighted by Crippen LogP contribution is 2.39. The maximum Gasteiger partial charge on any atom is 0.238 e. The zero-order valence-corrected chi connectivity index (χ0v) is 19.7. The van der Waals surface area contributed by atoms with E-state index in [0.717, 1.165) is 26.9 Å². The molecule has 1 aliphatic heterocycles. The summed E-state index contributed by atoms with van der Waals surface area (Å²) in [4.78, 5) is 17.1. The molecule has 1 fully saturated rings. The van der Waals surface area contributed by atoms with Crippen LogP contribution in [0.25, 0.3) is 21.5 Å². The molecule has 0 aromatic carbocycles. The average Bonchev–Trinajstić information content (AvgIpc) is 3.08. The number of aromatic nitrogens is 3. The second-order valence-corrected chi connectivity index (χ2v) is 10.4. The smallest absolute Gasteiger partial charge is 0.238 e. The number of morpholine rings is 1. The number of methoxy groups -OCH3 is 1. The van der Waals surface area contributed by atoms with Crippen LogP contribution in [0.2, 0.25) is 0 Å². The van der Waals surface area contributed by atoms with Crippen molar-refractivity contribution in [3.8, 4) is 17.1 Å². The number of sulfonamides is 1. The zero-order chi connectivity index (χ0) is 22.9. The van der Waals surface area contributed by atoms with Crippen LogP contribution in [0.1, 0.15) is 10.4 Å². The predicted molar refractivity (Wildman–Crippen MR) is 124 cm³/mol. The van der Waals surface area contributed by atoms with Gasteiger partial charge >= 0.3 is 0 Å². The molecule has 0 spiro atoms. The SMILES string of the molecule is COc1ncc(-c2nc(N3CCOCC3)nc3c(CCO)c(C)sc23)cc1NS(C)(=O)=O. The second kappa shape index (κ2) is 9.14. The quantitative estimate of drug-likeness (QED) is 0.521. The van der Waals surface area contributed by atoms with Crippen molar-refractivity contribution >= 4 is 43.2 Å². The summed E-state index contributed by atoms with van der Waals surface area (Å²) < 4.78 is 37.7. The molecule has 1 saturated heterocycles. The van der Waals surface area contributed by atoms with Gasteiger partial charge < -0.3 is 19.5 Å². The highest BCUT2D eigenvalue weighted by molar-refractivity contribution is 7.92. The maximum atomic E-state index is 11.8. The number of hydrogen-bond donors (Lipinski definition) is 2. The molecule has 4 heterocycles. The van der Waals surface area contributed by atoms with Gasteiger partial charge in [-0.25, -0.2) is 23.4 Å². The Hall–Kier alpha value is -2.54. The van der Waals surface area contributed by atoms with E-state index in [4.69, 9.17) is 19.4 Å². The minimum Gasteiger partial charge on any atom is -0.480 e. The van der Waals surface area contributed by atoms with Crippen LogP contribution < -0.4 is 14.4 Å². The van der Waals surface area contributed by atoms with Gasteiger partial charge in [-0.15, -0.1) is 11.3 Å². The van der Waals surface area contributed by atoms with Crippen molar-refractivity contribution in [1.29, 1.82) is 0 Å². The lowest BCUT2D eigenvalue weighted by atomic mass is 10.1. The number of rotatable bonds is 7. The van der Waals surface area contributed by atoms with Crippen LogP contribution in [0.5, 0.6) is 5.88 Å². The first-order chi connectivity index (χ1) is 15.3. The van der Waals surface area contributed by atoms with Crippen molar-refractivity contribution < 1.29 is 23.0 Å². The van der Waals surface area contributed by atoms with E-state index in [1.807, 2.05) is 6.92 Å². The van der Waals surface area contributed by atoms with Gasteiger partial charge in [0, 0.05) is 36.3 Å². The molecule has 0 bridgehead atoms. The first-order valence-electron chi connectivity index (χ1n) is 10.1. The minimum absolute atomic E-state index is 0.0193. The molecule has 1 aliphatic rings. The van der Waals surface area contributed by atoms with E-state index < -0.39 is 10.0 Å². The molecule has 12 heteroatoms. The molecule has 32 heavy (non-hydrogen) atoms. The van der Waals surface area contributed by atoms with Crippen LogP contribution >= 0.6 is 11.3 Å². The van der Waals surface area contributed by atoms with Crippen LogP contribution in [0, 0.1) is 6.92 Å². The van der Waals surface area contributed by atoms with E-state index in [1.54, 1.807) is 23.6 Å². The van der Waals surface area contributed by atoms with E-state index in [2.05, 4.69) is 14.6 Å². The van der Waals surface area contributed by atoms with Crippen molar-refractivity contribution in [1.82, 2.24) is 15.0 Å². The van der Waals surface area contributed by atoms with E-state index in [0.29, 0.717) is 49.9 Å². The first-order valence-corrected chi connectivity index (χ1v) is 12.8. The molecule has 0 amide bonds. The Morgan fingerprint density at radius 3 is 2.72 bits per heavy atom. The van der Waals surface area contributed by atoms with Crippen LogP contribution in [0.4, 0.5) is 11.6 Å². The molecular formula is C20H25N5O5S2. The predicted octanol–water partition coefficient (Wildman–Crippen LogP) is 1.81. The molecule has 0 radical (unpaired) electrons. The Balaban J connectivity index is 1.92. The van der Waals surface area contributed by atoms with Gasteiger partial charge in [-0.2, -0.15) is 0 Å². The molecule has 3 aromatic heterocycles. The van der Waals surface area contributed by atoms with Crippen molar-refractivity contribution in [3.63, 3.8) is 0 Å². The van der Waals surface area contributed by atoms with E-state index in [-0.39, 0.29) is 18.2 Å². The number of pyridine rings is 1. The van der Waals surface area contributed by atoms with Gasteiger partial charge in [0.15, 0.2) is 0 Å². The summed E-state index contributed by atoms with van der Waals surface area (Å²) >= 11 is 1.55. The highest BCUT2D eigenvalue weighted by atomic mass is 32.2. The average molecular weight is 480 g/mol. The summed E-state index contributed by atoms with van der Waals surface area (Å²) in [5.74, 6) is 0.738. The van der Waals surface area contributed by atoms with Crippen molar-refractivity contribution in [2.24, 2.45) is 0 Å². The summed E-state index contributed by atoms with van der Waals surface area (Å²) in [6, 6.07) is 1.67. The lowest BCUT2D eigenvalue weighted by Gasteiger charge is -2.27. The Kier molecular flexibility index (Phi) is 6.47. The van der Waals surface area contributed by atoms with Crippen LogP contribution in [-0.4, -0.2) is 74.8 Å². The number of aryl methyl sites for hydroxylation is 1. The monoisotopic (exact) mass is 479 g/mol. The lowest BCUT2D eigenvalue weighted by molar-refractivity contribution is 0.122. The molecule has 0 unspecified atom stereocenters. The molecular weight excluding hydrogens is 454 g/mol. The third kappa shape index (κ3) is 4.63. The van der Waals surface area contributed by atoms with Gasteiger partial charge in [-0.3, -0.25) is 4.72 Å². The van der Waals surface area contributed by atoms with Gasteiger partial charge in [-0.05, 0) is 25.0 Å². The molecule has 0 atom stereocenters. The standard InChI is InChI=1S/C20H25N5O5S2/c1-12-14(4-7-26)17-18(31-12)16(22-20(23-17)25-5-8-30-9-6-25)13-10-15(24-32(3,27)28)19(29-2)21-11-13/h10-11,24,26H,4-9H2,1-3H3.